The molecule has 1 aromatic rings. The fraction of sp³-hybridized carbons (Fsp3) is 0.438. The van der Waals surface area contributed by atoms with Gasteiger partial charge in [0.25, 0.3) is 10.1 Å². The number of carbonyl (C=O) groups excluding carboxylic acids is 3. The molecule has 2 atom stereocenters. The average Bonchev–Trinajstić information content (AvgIpc) is 2.47. The first kappa shape index (κ1) is 22.4. The van der Waals surface area contributed by atoms with Crippen LogP contribution in [-0.2, 0) is 24.4 Å². The summed E-state index contributed by atoms with van der Waals surface area (Å²) in [6.45, 7) is 4.79. The van der Waals surface area contributed by atoms with Crippen molar-refractivity contribution in [1.29, 1.82) is 0 Å². The molecule has 0 aliphatic carbocycles. The number of nitrogens with two attached hydrogens (primary N) is 2. The summed E-state index contributed by atoms with van der Waals surface area (Å²) < 4.78 is 37.8. The van der Waals surface area contributed by atoms with E-state index in [4.69, 9.17) is 16.2 Å². The molecule has 0 spiro atoms. The normalized spacial score (nSPS) is 14.1. The predicted molar refractivity (Wildman–Crippen MR) is 95.2 cm³/mol. The Morgan fingerprint density at radius 1 is 1.19 bits per heavy atom. The summed E-state index contributed by atoms with van der Waals surface area (Å²) in [5.41, 5.74) is 9.59. The first-order chi connectivity index (χ1) is 12.2. The standard InChI is InChI=1S/C16H23N3O7S/c1-16(2,3)26-15(22)19-13(14(18)21)10(8-12(17)20)9-6-4-5-7-11(9)27(23,24)25/h4-7,10,13H,8H2,1-3H3,(H2,17,20)(H2,18,21)(H,19,22)(H,23,24,25)/t10?,13-/m0/s1. The Hall–Kier alpha value is -2.66. The Morgan fingerprint density at radius 3 is 2.19 bits per heavy atom. The highest BCUT2D eigenvalue weighted by atomic mass is 32.2. The first-order valence-electron chi connectivity index (χ1n) is 7.86. The van der Waals surface area contributed by atoms with Crippen LogP contribution in [0.15, 0.2) is 29.2 Å². The van der Waals surface area contributed by atoms with Crippen LogP contribution in [0, 0.1) is 0 Å². The van der Waals surface area contributed by atoms with E-state index in [9.17, 15) is 27.4 Å². The fourth-order valence-electron chi connectivity index (χ4n) is 2.45. The maximum Gasteiger partial charge on any atom is 0.408 e. The van der Waals surface area contributed by atoms with Crippen molar-refractivity contribution in [1.82, 2.24) is 5.32 Å². The molecule has 0 heterocycles. The summed E-state index contributed by atoms with van der Waals surface area (Å²) >= 11 is 0. The molecule has 10 nitrogen and oxygen atoms in total. The van der Waals surface area contributed by atoms with Crippen LogP contribution in [0.5, 0.6) is 0 Å². The molecular weight excluding hydrogens is 378 g/mol. The second-order valence-corrected chi connectivity index (χ2v) is 8.21. The minimum absolute atomic E-state index is 0.0985. The Balaban J connectivity index is 3.41. The Kier molecular flexibility index (Phi) is 6.93. The highest BCUT2D eigenvalue weighted by Crippen LogP contribution is 2.29. The molecule has 1 rings (SSSR count). The van der Waals surface area contributed by atoms with Crippen LogP contribution < -0.4 is 16.8 Å². The van der Waals surface area contributed by atoms with Crippen LogP contribution in [0.3, 0.4) is 0 Å². The summed E-state index contributed by atoms with van der Waals surface area (Å²) in [5, 5.41) is 2.24. The van der Waals surface area contributed by atoms with E-state index in [0.29, 0.717) is 0 Å². The van der Waals surface area contributed by atoms with E-state index in [-0.39, 0.29) is 5.56 Å². The molecule has 0 aliphatic heterocycles. The van der Waals surface area contributed by atoms with E-state index in [1.807, 2.05) is 0 Å². The van der Waals surface area contributed by atoms with Gasteiger partial charge in [-0.2, -0.15) is 8.42 Å². The van der Waals surface area contributed by atoms with Crippen molar-refractivity contribution in [2.75, 3.05) is 0 Å². The summed E-state index contributed by atoms with van der Waals surface area (Å²) in [5.74, 6) is -3.16. The molecule has 0 radical (unpaired) electrons. The van der Waals surface area contributed by atoms with Gasteiger partial charge in [0.1, 0.15) is 11.6 Å². The predicted octanol–water partition coefficient (Wildman–Crippen LogP) is 0.271. The zero-order chi connectivity index (χ0) is 21.0. The van der Waals surface area contributed by atoms with Crippen LogP contribution >= 0.6 is 0 Å². The van der Waals surface area contributed by atoms with E-state index in [2.05, 4.69) is 5.32 Å². The minimum atomic E-state index is -4.68. The molecule has 1 unspecified atom stereocenters. The molecule has 150 valence electrons. The van der Waals surface area contributed by atoms with E-state index in [1.54, 1.807) is 20.8 Å². The molecule has 1 aromatic carbocycles. The molecule has 0 fully saturated rings. The SMILES string of the molecule is CC(C)(C)OC(=O)N[C@H](C(N)=O)C(CC(N)=O)c1ccccc1S(=O)(=O)O. The monoisotopic (exact) mass is 401 g/mol. The third-order valence-electron chi connectivity index (χ3n) is 3.40. The molecule has 27 heavy (non-hydrogen) atoms. The fourth-order valence-corrected chi connectivity index (χ4v) is 3.22. The van der Waals surface area contributed by atoms with Crippen LogP contribution in [0.2, 0.25) is 0 Å². The lowest BCUT2D eigenvalue weighted by atomic mass is 9.87. The number of hydrogen-bond donors (Lipinski definition) is 4. The molecule has 3 amide bonds. The lowest BCUT2D eigenvalue weighted by Gasteiger charge is -2.28. The van der Waals surface area contributed by atoms with Gasteiger partial charge in [0, 0.05) is 12.3 Å². The molecule has 0 saturated heterocycles. The van der Waals surface area contributed by atoms with Crippen molar-refractivity contribution < 1.29 is 32.1 Å². The highest BCUT2D eigenvalue weighted by Gasteiger charge is 2.35. The van der Waals surface area contributed by atoms with Gasteiger partial charge in [-0.15, -0.1) is 0 Å². The van der Waals surface area contributed by atoms with Crippen LogP contribution in [0.25, 0.3) is 0 Å². The number of ether oxygens (including phenoxy) is 1. The summed E-state index contributed by atoms with van der Waals surface area (Å²) in [4.78, 5) is 35.0. The van der Waals surface area contributed by atoms with Crippen molar-refractivity contribution in [2.45, 2.75) is 49.6 Å². The first-order valence-corrected chi connectivity index (χ1v) is 9.30. The van der Waals surface area contributed by atoms with Crippen LogP contribution in [0.1, 0.15) is 38.7 Å². The number of amides is 3. The second kappa shape index (κ2) is 8.35. The number of carbonyl (C=O) groups is 3. The molecule has 11 heteroatoms. The Morgan fingerprint density at radius 2 is 1.74 bits per heavy atom. The lowest BCUT2D eigenvalue weighted by Crippen LogP contribution is -2.50. The zero-order valence-corrected chi connectivity index (χ0v) is 15.9. The van der Waals surface area contributed by atoms with E-state index in [0.717, 1.165) is 6.07 Å². The van der Waals surface area contributed by atoms with Gasteiger partial charge >= 0.3 is 6.09 Å². The summed E-state index contributed by atoms with van der Waals surface area (Å²) in [6, 6.07) is 3.63. The molecule has 0 aliphatic rings. The Labute approximate surface area is 157 Å². The highest BCUT2D eigenvalue weighted by molar-refractivity contribution is 7.85. The third kappa shape index (κ3) is 6.87. The van der Waals surface area contributed by atoms with Gasteiger partial charge in [0.15, 0.2) is 0 Å². The smallest absolute Gasteiger partial charge is 0.408 e. The molecule has 0 aromatic heterocycles. The second-order valence-electron chi connectivity index (χ2n) is 6.82. The molecular formula is C16H23N3O7S. The lowest BCUT2D eigenvalue weighted by molar-refractivity contribution is -0.121. The maximum atomic E-state index is 12.1. The van der Waals surface area contributed by atoms with Crippen molar-refractivity contribution >= 4 is 28.0 Å². The van der Waals surface area contributed by atoms with Gasteiger partial charge in [0.2, 0.25) is 11.8 Å². The maximum absolute atomic E-state index is 12.1. The van der Waals surface area contributed by atoms with E-state index >= 15 is 0 Å². The van der Waals surface area contributed by atoms with Crippen molar-refractivity contribution in [3.05, 3.63) is 29.8 Å². The number of alkyl carbamates (subject to hydrolysis) is 1. The average molecular weight is 401 g/mol. The van der Waals surface area contributed by atoms with E-state index in [1.165, 1.54) is 18.2 Å². The number of benzene rings is 1. The van der Waals surface area contributed by atoms with Crippen LogP contribution in [0.4, 0.5) is 4.79 Å². The topological polar surface area (TPSA) is 179 Å². The number of hydrogen-bond acceptors (Lipinski definition) is 6. The minimum Gasteiger partial charge on any atom is -0.444 e. The van der Waals surface area contributed by atoms with Crippen LogP contribution in [-0.4, -0.2) is 42.5 Å². The number of nitrogens with one attached hydrogen (secondary N) is 1. The molecule has 6 N–H and O–H groups in total. The van der Waals surface area contributed by atoms with Crippen molar-refractivity contribution in [3.8, 4) is 0 Å². The number of rotatable bonds is 7. The quantitative estimate of drug-likeness (QED) is 0.473. The molecule has 0 saturated carbocycles. The Bertz CT molecular complexity index is 831. The van der Waals surface area contributed by atoms with E-state index < -0.39 is 56.9 Å². The largest absolute Gasteiger partial charge is 0.444 e. The summed E-state index contributed by atoms with van der Waals surface area (Å²) in [6.07, 6.45) is -1.51. The number of primary amides is 2. The van der Waals surface area contributed by atoms with Crippen molar-refractivity contribution in [3.63, 3.8) is 0 Å². The van der Waals surface area contributed by atoms with Crippen molar-refractivity contribution in [2.24, 2.45) is 11.5 Å². The van der Waals surface area contributed by atoms with Gasteiger partial charge in [-0.05, 0) is 32.4 Å². The van der Waals surface area contributed by atoms with Gasteiger partial charge in [-0.1, -0.05) is 18.2 Å². The van der Waals surface area contributed by atoms with Gasteiger partial charge in [0.05, 0.1) is 4.90 Å². The van der Waals surface area contributed by atoms with Gasteiger partial charge in [-0.3, -0.25) is 14.1 Å². The zero-order valence-electron chi connectivity index (χ0n) is 15.1. The third-order valence-corrected chi connectivity index (χ3v) is 4.33. The molecule has 0 bridgehead atoms. The summed E-state index contributed by atoms with van der Waals surface area (Å²) in [7, 11) is -4.68. The van der Waals surface area contributed by atoms with Gasteiger partial charge < -0.3 is 21.5 Å². The van der Waals surface area contributed by atoms with Gasteiger partial charge in [-0.25, -0.2) is 4.79 Å².